The van der Waals surface area contributed by atoms with Crippen molar-refractivity contribution in [3.05, 3.63) is 41.0 Å². The average molecular weight is 1060 g/mol. The Kier molecular flexibility index (Phi) is 34.4. The molecule has 1 fully saturated rings. The van der Waals surface area contributed by atoms with Crippen molar-refractivity contribution in [2.75, 3.05) is 165 Å². The second-order valence-corrected chi connectivity index (χ2v) is 18.6. The van der Waals surface area contributed by atoms with Crippen LogP contribution in [-0.2, 0) is 82.6 Å². The van der Waals surface area contributed by atoms with E-state index in [1.54, 1.807) is 11.3 Å². The number of benzene rings is 1. The number of thiazole rings is 1. The van der Waals surface area contributed by atoms with Crippen molar-refractivity contribution >= 4 is 35.0 Å². The highest BCUT2D eigenvalue weighted by atomic mass is 32.1. The molecular weight excluding hydrogens is 977 g/mol. The number of β-amino-alcohol motifs (C(OH)–C–C–N with tert-alkyl or cyclic N) is 1. The van der Waals surface area contributed by atoms with Crippen molar-refractivity contribution in [3.63, 3.8) is 0 Å². The first-order valence-electron chi connectivity index (χ1n) is 25.1. The third-order valence-electron chi connectivity index (χ3n) is 10.7. The fourth-order valence-electron chi connectivity index (χ4n) is 6.89. The number of aliphatic hydroxyl groups is 1. The zero-order valence-corrected chi connectivity index (χ0v) is 44.2. The smallest absolute Gasteiger partial charge is 0.303 e. The summed E-state index contributed by atoms with van der Waals surface area (Å²) in [5.41, 5.74) is 4.01. The zero-order valence-electron chi connectivity index (χ0n) is 43.4. The zero-order chi connectivity index (χ0) is 52.8. The molecule has 22 nitrogen and oxygen atoms in total. The molecule has 3 amide bonds. The summed E-state index contributed by atoms with van der Waals surface area (Å²) in [5.74, 6) is -2.13. The van der Waals surface area contributed by atoms with Crippen molar-refractivity contribution in [3.8, 4) is 10.4 Å². The molecule has 1 saturated heterocycles. The van der Waals surface area contributed by atoms with E-state index in [-0.39, 0.29) is 51.7 Å². The molecule has 416 valence electrons. The monoisotopic (exact) mass is 1060 g/mol. The summed E-state index contributed by atoms with van der Waals surface area (Å²) in [6.07, 6.45) is -0.179. The second-order valence-electron chi connectivity index (χ2n) is 17.7. The molecule has 1 aliphatic rings. The second kappa shape index (κ2) is 39.6. The maximum absolute atomic E-state index is 13.9. The fraction of sp³-hybridized carbons (Fsp3) is 0.740. The molecule has 0 radical (unpaired) electrons. The molecule has 1 aromatic carbocycles. The normalized spacial score (nSPS) is 15.2. The Morgan fingerprint density at radius 2 is 1.07 bits per heavy atom. The van der Waals surface area contributed by atoms with Crippen LogP contribution in [0, 0.1) is 12.3 Å². The number of amides is 3. The number of aromatic nitrogens is 1. The lowest BCUT2D eigenvalue weighted by molar-refractivity contribution is -0.144. The van der Waals surface area contributed by atoms with E-state index in [1.807, 2.05) is 57.5 Å². The van der Waals surface area contributed by atoms with Gasteiger partial charge in [-0.1, -0.05) is 45.0 Å². The minimum atomic E-state index is -0.965. The van der Waals surface area contributed by atoms with Gasteiger partial charge in [0.05, 0.1) is 168 Å². The molecule has 0 saturated carbocycles. The summed E-state index contributed by atoms with van der Waals surface area (Å²) in [7, 11) is 0. The van der Waals surface area contributed by atoms with Crippen molar-refractivity contribution in [2.45, 2.75) is 71.7 Å². The summed E-state index contributed by atoms with van der Waals surface area (Å²) in [6, 6.07) is 6.00. The topological polar surface area (TPSA) is 260 Å². The molecule has 0 aliphatic carbocycles. The van der Waals surface area contributed by atoms with Crippen LogP contribution in [0.2, 0.25) is 0 Å². The van der Waals surface area contributed by atoms with Gasteiger partial charge in [0, 0.05) is 32.5 Å². The Bertz CT molecular complexity index is 1770. The number of aryl methyl sites for hydroxylation is 1. The van der Waals surface area contributed by atoms with Gasteiger partial charge in [-0.25, -0.2) is 4.98 Å². The number of rotatable bonds is 45. The average Bonchev–Trinajstić information content (AvgIpc) is 3.98. The van der Waals surface area contributed by atoms with Crippen LogP contribution in [0.4, 0.5) is 0 Å². The molecule has 1 aliphatic heterocycles. The summed E-state index contributed by atoms with van der Waals surface area (Å²) in [5, 5.41) is 24.8. The van der Waals surface area contributed by atoms with Gasteiger partial charge >= 0.3 is 5.97 Å². The highest BCUT2D eigenvalue weighted by Crippen LogP contribution is 2.28. The Labute approximate surface area is 434 Å². The molecule has 1 aromatic heterocycles. The maximum atomic E-state index is 13.9. The molecule has 4 N–H and O–H groups in total. The fourth-order valence-corrected chi connectivity index (χ4v) is 7.70. The summed E-state index contributed by atoms with van der Waals surface area (Å²) in [6.45, 7) is 16.9. The number of ether oxygens (including phenoxy) is 12. The molecule has 3 atom stereocenters. The number of aliphatic carboxylic acids is 1. The minimum absolute atomic E-state index is 0.0183. The first-order valence-corrected chi connectivity index (χ1v) is 25.9. The molecule has 73 heavy (non-hydrogen) atoms. The predicted molar refractivity (Wildman–Crippen MR) is 268 cm³/mol. The third-order valence-corrected chi connectivity index (χ3v) is 11.7. The van der Waals surface area contributed by atoms with E-state index in [0.717, 1.165) is 21.7 Å². The number of carbonyl (C=O) groups excluding carboxylic acids is 3. The number of hydrogen-bond donors (Lipinski definition) is 4. The number of nitrogens with one attached hydrogen (secondary N) is 2. The summed E-state index contributed by atoms with van der Waals surface area (Å²) in [4.78, 5) is 57.4. The molecule has 3 rings (SSSR count). The lowest BCUT2D eigenvalue weighted by atomic mass is 9.85. The molecule has 23 heteroatoms. The van der Waals surface area contributed by atoms with Gasteiger partial charge in [0.15, 0.2) is 0 Å². The van der Waals surface area contributed by atoms with E-state index in [4.69, 9.17) is 61.9 Å². The van der Waals surface area contributed by atoms with Crippen molar-refractivity contribution < 1.29 is 86.2 Å². The first kappa shape index (κ1) is 63.5. The molecular formula is C50H82N4O18S. The van der Waals surface area contributed by atoms with Gasteiger partial charge in [0.25, 0.3) is 0 Å². The number of aliphatic hydroxyl groups excluding tert-OH is 1. The van der Waals surface area contributed by atoms with Gasteiger partial charge in [-0.05, 0) is 29.9 Å². The van der Waals surface area contributed by atoms with Crippen LogP contribution in [-0.4, -0.2) is 227 Å². The van der Waals surface area contributed by atoms with E-state index >= 15 is 0 Å². The highest BCUT2D eigenvalue weighted by Gasteiger charge is 2.44. The lowest BCUT2D eigenvalue weighted by Gasteiger charge is -2.35. The largest absolute Gasteiger partial charge is 0.481 e. The predicted octanol–water partition coefficient (Wildman–Crippen LogP) is 2.29. The van der Waals surface area contributed by atoms with Gasteiger partial charge < -0.3 is 82.6 Å². The standard InChI is InChI=1S/C50H82N4O18S/c1-39-46(73-38-52-39)41-9-7-40(8-10-41)35-51-48(59)43-34-42(55)36-54(43)49(60)47(50(2,3)4)53-44(56)37-72-33-32-71-31-30-70-29-28-69-27-26-68-25-24-67-23-22-66-21-20-65-19-18-64-17-16-63-15-14-62-13-12-61-11-5-6-45(57)58/h7-10,38,42-43,47,55H,5-6,11-37H2,1-4H3,(H,51,59)(H,53,56)(H,57,58). The Morgan fingerprint density at radius 3 is 1.45 bits per heavy atom. The number of carbonyl (C=O) groups is 4. The molecule has 2 aromatic rings. The minimum Gasteiger partial charge on any atom is -0.481 e. The van der Waals surface area contributed by atoms with Crippen LogP contribution in [0.5, 0.6) is 0 Å². The Morgan fingerprint density at radius 1 is 0.658 bits per heavy atom. The lowest BCUT2D eigenvalue weighted by Crippen LogP contribution is -2.58. The van der Waals surface area contributed by atoms with Crippen LogP contribution in [0.3, 0.4) is 0 Å². The molecule has 2 heterocycles. The van der Waals surface area contributed by atoms with Crippen LogP contribution >= 0.6 is 11.3 Å². The van der Waals surface area contributed by atoms with Crippen molar-refractivity contribution in [1.29, 1.82) is 0 Å². The van der Waals surface area contributed by atoms with Gasteiger partial charge in [-0.2, -0.15) is 0 Å². The van der Waals surface area contributed by atoms with E-state index in [0.29, 0.717) is 145 Å². The van der Waals surface area contributed by atoms with Crippen molar-refractivity contribution in [2.24, 2.45) is 5.41 Å². The van der Waals surface area contributed by atoms with Gasteiger partial charge in [0.1, 0.15) is 18.7 Å². The summed E-state index contributed by atoms with van der Waals surface area (Å²) >= 11 is 1.57. The van der Waals surface area contributed by atoms with Crippen LogP contribution < -0.4 is 10.6 Å². The maximum Gasteiger partial charge on any atom is 0.303 e. The number of carboxylic acids is 1. The van der Waals surface area contributed by atoms with Crippen LogP contribution in [0.15, 0.2) is 29.8 Å². The van der Waals surface area contributed by atoms with Gasteiger partial charge in [-0.3, -0.25) is 19.2 Å². The number of carboxylic acid groups (broad SMARTS) is 1. The highest BCUT2D eigenvalue weighted by molar-refractivity contribution is 7.13. The van der Waals surface area contributed by atoms with Crippen molar-refractivity contribution in [1.82, 2.24) is 20.5 Å². The number of nitrogens with zero attached hydrogens (tertiary/aromatic N) is 2. The Hall–Kier alpha value is -3.79. The molecule has 0 spiro atoms. The van der Waals surface area contributed by atoms with E-state index < -0.39 is 41.4 Å². The van der Waals surface area contributed by atoms with Crippen LogP contribution in [0.1, 0.15) is 51.3 Å². The first-order chi connectivity index (χ1) is 35.4. The molecule has 3 unspecified atom stereocenters. The Balaban J connectivity index is 1.06. The molecule has 0 bridgehead atoms. The van der Waals surface area contributed by atoms with E-state index in [1.165, 1.54) is 4.90 Å². The quantitative estimate of drug-likeness (QED) is 0.0694. The number of likely N-dealkylation sites (tertiary alicyclic amines) is 1. The van der Waals surface area contributed by atoms with Crippen LogP contribution in [0.25, 0.3) is 10.4 Å². The summed E-state index contributed by atoms with van der Waals surface area (Å²) < 4.78 is 65.6. The van der Waals surface area contributed by atoms with E-state index in [2.05, 4.69) is 15.6 Å². The SMILES string of the molecule is Cc1ncsc1-c1ccc(CNC(=O)C2CC(O)CN2C(=O)C(NC(=O)COCCOCCOCCOCCOCCOCCOCCOCCOCCOCCOCCOCCCC(=O)O)C(C)(C)C)cc1. The van der Waals surface area contributed by atoms with Gasteiger partial charge in [-0.15, -0.1) is 11.3 Å². The van der Waals surface area contributed by atoms with E-state index in [9.17, 15) is 24.3 Å². The third kappa shape index (κ3) is 29.8. The van der Waals surface area contributed by atoms with Gasteiger partial charge in [0.2, 0.25) is 17.7 Å². The number of hydrogen-bond acceptors (Lipinski definition) is 19.